The van der Waals surface area contributed by atoms with Crippen LogP contribution in [0.5, 0.6) is 0 Å². The molecular formula is C17H22F3N3O3. The van der Waals surface area contributed by atoms with E-state index in [4.69, 9.17) is 4.74 Å². The molecule has 2 rings (SSSR count). The maximum absolute atomic E-state index is 13.3. The van der Waals surface area contributed by atoms with Gasteiger partial charge in [0.25, 0.3) is 5.91 Å². The van der Waals surface area contributed by atoms with Crippen LogP contribution in [0.1, 0.15) is 31.7 Å². The number of hydrogen-bond donors (Lipinski definition) is 3. The van der Waals surface area contributed by atoms with Gasteiger partial charge in [-0.2, -0.15) is 13.2 Å². The third-order valence-corrected chi connectivity index (χ3v) is 3.83. The lowest BCUT2D eigenvalue weighted by Gasteiger charge is -2.17. The normalized spacial score (nSPS) is 17.0. The first kappa shape index (κ1) is 20.0. The van der Waals surface area contributed by atoms with Crippen LogP contribution in [0.4, 0.5) is 24.5 Å². The average Bonchev–Trinajstić information content (AvgIpc) is 3.12. The van der Waals surface area contributed by atoms with Gasteiger partial charge >= 0.3 is 6.18 Å². The maximum Gasteiger partial charge on any atom is 0.418 e. The number of anilines is 2. The van der Waals surface area contributed by atoms with Gasteiger partial charge in [-0.25, -0.2) is 0 Å². The molecule has 1 aromatic carbocycles. The van der Waals surface area contributed by atoms with Crippen LogP contribution in [0.2, 0.25) is 0 Å². The first-order valence-electron chi connectivity index (χ1n) is 8.45. The van der Waals surface area contributed by atoms with Gasteiger partial charge in [0.2, 0.25) is 5.91 Å². The van der Waals surface area contributed by atoms with E-state index >= 15 is 0 Å². The molecule has 1 heterocycles. The van der Waals surface area contributed by atoms with Gasteiger partial charge in [-0.15, -0.1) is 0 Å². The summed E-state index contributed by atoms with van der Waals surface area (Å²) in [7, 11) is 0. The van der Waals surface area contributed by atoms with Crippen LogP contribution < -0.4 is 16.0 Å². The molecule has 0 aliphatic carbocycles. The van der Waals surface area contributed by atoms with E-state index in [1.165, 1.54) is 12.1 Å². The van der Waals surface area contributed by atoms with Gasteiger partial charge in [-0.05, 0) is 37.5 Å². The molecule has 1 atom stereocenters. The van der Waals surface area contributed by atoms with E-state index in [2.05, 4.69) is 16.0 Å². The second-order valence-electron chi connectivity index (χ2n) is 5.95. The van der Waals surface area contributed by atoms with Crippen molar-refractivity contribution in [3.8, 4) is 0 Å². The number of hydrogen-bond acceptors (Lipinski definition) is 4. The highest BCUT2D eigenvalue weighted by molar-refractivity contribution is 5.94. The Labute approximate surface area is 149 Å². The van der Waals surface area contributed by atoms with Gasteiger partial charge < -0.3 is 20.7 Å². The third kappa shape index (κ3) is 5.62. The molecule has 1 aromatic rings. The molecule has 0 radical (unpaired) electrons. The molecule has 1 aliphatic rings. The number of rotatable bonds is 7. The lowest BCUT2D eigenvalue weighted by molar-refractivity contribution is -0.137. The van der Waals surface area contributed by atoms with Gasteiger partial charge in [-0.1, -0.05) is 6.92 Å². The quantitative estimate of drug-likeness (QED) is 0.687. The van der Waals surface area contributed by atoms with Gasteiger partial charge in [-0.3, -0.25) is 9.59 Å². The zero-order valence-electron chi connectivity index (χ0n) is 14.4. The van der Waals surface area contributed by atoms with Crippen molar-refractivity contribution in [2.24, 2.45) is 0 Å². The highest BCUT2D eigenvalue weighted by atomic mass is 19.4. The summed E-state index contributed by atoms with van der Waals surface area (Å²) in [5.41, 5.74) is -1.15. The van der Waals surface area contributed by atoms with Crippen molar-refractivity contribution in [2.75, 3.05) is 30.3 Å². The Morgan fingerprint density at radius 3 is 2.69 bits per heavy atom. The van der Waals surface area contributed by atoms with Crippen molar-refractivity contribution in [1.82, 2.24) is 5.32 Å². The smallest absolute Gasteiger partial charge is 0.376 e. The van der Waals surface area contributed by atoms with E-state index in [9.17, 15) is 22.8 Å². The molecule has 1 fully saturated rings. The van der Waals surface area contributed by atoms with Gasteiger partial charge in [0.15, 0.2) is 0 Å². The molecule has 0 aromatic heterocycles. The summed E-state index contributed by atoms with van der Waals surface area (Å²) >= 11 is 0. The van der Waals surface area contributed by atoms with Crippen LogP contribution in [0.3, 0.4) is 0 Å². The molecule has 144 valence electrons. The zero-order valence-corrected chi connectivity index (χ0v) is 14.4. The number of ether oxygens (including phenoxy) is 1. The van der Waals surface area contributed by atoms with E-state index < -0.39 is 29.7 Å². The Bertz CT molecular complexity index is 644. The lowest BCUT2D eigenvalue weighted by atomic mass is 10.1. The van der Waals surface area contributed by atoms with Crippen molar-refractivity contribution < 1.29 is 27.5 Å². The summed E-state index contributed by atoms with van der Waals surface area (Å²) in [6, 6.07) is 3.40. The average molecular weight is 373 g/mol. The number of nitrogens with one attached hydrogen (secondary N) is 3. The Kier molecular flexibility index (Phi) is 6.84. The maximum atomic E-state index is 13.3. The predicted octanol–water partition coefficient (Wildman–Crippen LogP) is 2.76. The number of halogens is 3. The molecule has 0 bridgehead atoms. The van der Waals surface area contributed by atoms with Crippen molar-refractivity contribution in [2.45, 2.75) is 38.5 Å². The summed E-state index contributed by atoms with van der Waals surface area (Å²) < 4.78 is 45.2. The first-order valence-corrected chi connectivity index (χ1v) is 8.45. The van der Waals surface area contributed by atoms with Gasteiger partial charge in [0.1, 0.15) is 6.10 Å². The summed E-state index contributed by atoms with van der Waals surface area (Å²) in [5, 5.41) is 7.52. The Balaban J connectivity index is 2.08. The Hall–Kier alpha value is -2.29. The second-order valence-corrected chi connectivity index (χ2v) is 5.95. The zero-order chi connectivity index (χ0) is 19.2. The molecule has 6 nitrogen and oxygen atoms in total. The molecule has 1 aliphatic heterocycles. The highest BCUT2D eigenvalue weighted by Gasteiger charge is 2.34. The molecule has 0 spiro atoms. The van der Waals surface area contributed by atoms with Crippen LogP contribution in [0, 0.1) is 0 Å². The van der Waals surface area contributed by atoms with Crippen LogP contribution in [0.15, 0.2) is 18.2 Å². The van der Waals surface area contributed by atoms with E-state index in [1.54, 1.807) is 0 Å². The monoisotopic (exact) mass is 373 g/mol. The fourth-order valence-electron chi connectivity index (χ4n) is 2.52. The molecule has 3 N–H and O–H groups in total. The minimum Gasteiger partial charge on any atom is -0.376 e. The van der Waals surface area contributed by atoms with E-state index in [0.29, 0.717) is 19.6 Å². The van der Waals surface area contributed by atoms with Gasteiger partial charge in [0.05, 0.1) is 12.1 Å². The molecule has 2 amide bonds. The molecule has 1 unspecified atom stereocenters. The summed E-state index contributed by atoms with van der Waals surface area (Å²) in [5.74, 6) is -0.856. The van der Waals surface area contributed by atoms with Gasteiger partial charge in [0, 0.05) is 24.5 Å². The largest absolute Gasteiger partial charge is 0.418 e. The number of benzene rings is 1. The van der Waals surface area contributed by atoms with Crippen molar-refractivity contribution in [1.29, 1.82) is 0 Å². The number of amides is 2. The van der Waals surface area contributed by atoms with Crippen molar-refractivity contribution in [3.05, 3.63) is 23.8 Å². The topological polar surface area (TPSA) is 79.5 Å². The summed E-state index contributed by atoms with van der Waals surface area (Å²) in [6.07, 6.45) is -3.24. The van der Waals surface area contributed by atoms with Crippen LogP contribution in [-0.4, -0.2) is 37.6 Å². The predicted molar refractivity (Wildman–Crippen MR) is 90.8 cm³/mol. The minimum atomic E-state index is -4.63. The van der Waals surface area contributed by atoms with E-state index in [0.717, 1.165) is 18.9 Å². The van der Waals surface area contributed by atoms with Crippen LogP contribution in [-0.2, 0) is 20.5 Å². The number of alkyl halides is 3. The fraction of sp³-hybridized carbons (Fsp3) is 0.529. The second kappa shape index (κ2) is 8.88. The molecule has 0 saturated carbocycles. The molecule has 9 heteroatoms. The van der Waals surface area contributed by atoms with Crippen LogP contribution >= 0.6 is 0 Å². The SMILES string of the molecule is CCCNC(=O)CNc1ccc(NC(=O)C2CCCO2)cc1C(F)(F)F. The fourth-order valence-corrected chi connectivity index (χ4v) is 2.52. The Morgan fingerprint density at radius 1 is 1.31 bits per heavy atom. The lowest BCUT2D eigenvalue weighted by Crippen LogP contribution is -2.31. The summed E-state index contributed by atoms with van der Waals surface area (Å²) in [6.45, 7) is 2.53. The van der Waals surface area contributed by atoms with E-state index in [1.807, 2.05) is 6.92 Å². The van der Waals surface area contributed by atoms with Crippen molar-refractivity contribution in [3.63, 3.8) is 0 Å². The number of carbonyl (C=O) groups excluding carboxylic acids is 2. The highest BCUT2D eigenvalue weighted by Crippen LogP contribution is 2.36. The van der Waals surface area contributed by atoms with E-state index in [-0.39, 0.29) is 17.9 Å². The molecular weight excluding hydrogens is 351 g/mol. The van der Waals surface area contributed by atoms with Crippen molar-refractivity contribution >= 4 is 23.2 Å². The molecule has 26 heavy (non-hydrogen) atoms. The first-order chi connectivity index (χ1) is 12.3. The minimum absolute atomic E-state index is 0.0267. The number of carbonyl (C=O) groups is 2. The summed E-state index contributed by atoms with van der Waals surface area (Å²) in [4.78, 5) is 23.6. The van der Waals surface area contributed by atoms with Crippen LogP contribution in [0.25, 0.3) is 0 Å². The molecule has 1 saturated heterocycles. The Morgan fingerprint density at radius 2 is 2.08 bits per heavy atom. The standard InChI is InChI=1S/C17H22F3N3O3/c1-2-7-21-15(24)10-22-13-6-5-11(9-12(13)17(18,19)20)23-16(25)14-4-3-8-26-14/h5-6,9,14,22H,2-4,7-8,10H2,1H3,(H,21,24)(H,23,25). The third-order valence-electron chi connectivity index (χ3n) is 3.83.